The van der Waals surface area contributed by atoms with Gasteiger partial charge >= 0.3 is 0 Å². The van der Waals surface area contributed by atoms with Gasteiger partial charge in [-0.1, -0.05) is 29.3 Å². The monoisotopic (exact) mass is 290 g/mol. The summed E-state index contributed by atoms with van der Waals surface area (Å²) in [6.07, 6.45) is 2.98. The summed E-state index contributed by atoms with van der Waals surface area (Å²) in [5.41, 5.74) is 3.53. The number of hydrogen-bond acceptors (Lipinski definition) is 3. The third-order valence-electron chi connectivity index (χ3n) is 4.63. The molecule has 3 nitrogen and oxygen atoms in total. The van der Waals surface area contributed by atoms with Crippen LogP contribution in [0.25, 0.3) is 0 Å². The van der Waals surface area contributed by atoms with Crippen LogP contribution in [0.15, 0.2) is 18.2 Å². The van der Waals surface area contributed by atoms with Crippen LogP contribution < -0.4 is 0 Å². The molecule has 0 aliphatic carbocycles. The lowest BCUT2D eigenvalue weighted by molar-refractivity contribution is 0.110. The summed E-state index contributed by atoms with van der Waals surface area (Å²) < 4.78 is 0. The Morgan fingerprint density at radius 3 is 2.24 bits per heavy atom. The lowest BCUT2D eigenvalue weighted by atomic mass is 10.00. The number of benzene rings is 1. The topological polar surface area (TPSA) is 26.7 Å². The summed E-state index contributed by atoms with van der Waals surface area (Å²) in [4.78, 5) is 4.83. The Hall–Kier alpha value is -0.900. The second kappa shape index (κ2) is 7.39. The van der Waals surface area contributed by atoms with Crippen LogP contribution >= 0.6 is 0 Å². The van der Waals surface area contributed by atoms with Crippen LogP contribution in [-0.2, 0) is 0 Å². The van der Waals surface area contributed by atoms with Crippen molar-refractivity contribution in [3.05, 3.63) is 34.9 Å². The molecule has 21 heavy (non-hydrogen) atoms. The Labute approximate surface area is 129 Å². The van der Waals surface area contributed by atoms with Crippen LogP contribution in [0.1, 0.15) is 42.1 Å². The molecule has 1 atom stereocenters. The predicted molar refractivity (Wildman–Crippen MR) is 88.6 cm³/mol. The first kappa shape index (κ1) is 16.5. The van der Waals surface area contributed by atoms with Crippen LogP contribution in [-0.4, -0.2) is 54.7 Å². The van der Waals surface area contributed by atoms with Gasteiger partial charge in [0.15, 0.2) is 0 Å². The van der Waals surface area contributed by atoms with Gasteiger partial charge in [-0.25, -0.2) is 0 Å². The molecule has 0 spiro atoms. The van der Waals surface area contributed by atoms with Gasteiger partial charge in [-0.05, 0) is 65.9 Å². The number of hydrogen-bond donors (Lipinski definition) is 1. The number of aryl methyl sites for hydroxylation is 2. The highest BCUT2D eigenvalue weighted by Gasteiger charge is 2.21. The minimum absolute atomic E-state index is 0.338. The molecule has 1 aliphatic rings. The summed E-state index contributed by atoms with van der Waals surface area (Å²) in [7, 11) is 4.34. The average molecular weight is 290 g/mol. The summed E-state index contributed by atoms with van der Waals surface area (Å²) in [6.45, 7) is 7.49. The molecule has 2 rings (SSSR count). The molecule has 3 heteroatoms. The zero-order chi connectivity index (χ0) is 15.4. The Morgan fingerprint density at radius 1 is 1.14 bits per heavy atom. The standard InChI is InChI=1S/C18H30N2O/c1-14-11-15(2)13-16(12-14)18(21)7-10-20-8-5-17(6-9-20)19(3)4/h11-13,17-18,21H,5-10H2,1-4H3. The fraction of sp³-hybridized carbons (Fsp3) is 0.667. The summed E-state index contributed by atoms with van der Waals surface area (Å²) in [6, 6.07) is 7.10. The zero-order valence-electron chi connectivity index (χ0n) is 14.0. The first-order chi connectivity index (χ1) is 9.95. The molecule has 0 bridgehead atoms. The van der Waals surface area contributed by atoms with Gasteiger partial charge in [-0.2, -0.15) is 0 Å². The van der Waals surface area contributed by atoms with Crippen molar-refractivity contribution in [2.24, 2.45) is 0 Å². The van der Waals surface area contributed by atoms with E-state index in [1.165, 1.54) is 24.0 Å². The summed E-state index contributed by atoms with van der Waals surface area (Å²) in [5, 5.41) is 10.4. The first-order valence-corrected chi connectivity index (χ1v) is 8.10. The van der Waals surface area contributed by atoms with Crippen molar-refractivity contribution in [2.45, 2.75) is 45.3 Å². The molecule has 1 fully saturated rings. The maximum atomic E-state index is 10.4. The molecule has 0 radical (unpaired) electrons. The minimum atomic E-state index is -0.338. The van der Waals surface area contributed by atoms with E-state index in [4.69, 9.17) is 0 Å². The number of aliphatic hydroxyl groups is 1. The molecule has 1 aliphatic heterocycles. The Morgan fingerprint density at radius 2 is 1.71 bits per heavy atom. The van der Waals surface area contributed by atoms with E-state index in [1.807, 2.05) is 0 Å². The van der Waals surface area contributed by atoms with E-state index in [-0.39, 0.29) is 6.10 Å². The molecule has 0 aromatic heterocycles. The number of nitrogens with zero attached hydrogens (tertiary/aromatic N) is 2. The van der Waals surface area contributed by atoms with Crippen molar-refractivity contribution >= 4 is 0 Å². The average Bonchev–Trinajstić information content (AvgIpc) is 2.44. The second-order valence-electron chi connectivity index (χ2n) is 6.76. The van der Waals surface area contributed by atoms with Crippen LogP contribution in [0.5, 0.6) is 0 Å². The van der Waals surface area contributed by atoms with Crippen molar-refractivity contribution < 1.29 is 5.11 Å². The summed E-state index contributed by atoms with van der Waals surface area (Å²) in [5.74, 6) is 0. The smallest absolute Gasteiger partial charge is 0.0802 e. The second-order valence-corrected chi connectivity index (χ2v) is 6.76. The van der Waals surface area contributed by atoms with Crippen LogP contribution in [0.2, 0.25) is 0 Å². The van der Waals surface area contributed by atoms with Crippen LogP contribution in [0.3, 0.4) is 0 Å². The van der Waals surface area contributed by atoms with E-state index in [0.717, 1.165) is 37.7 Å². The number of likely N-dealkylation sites (tertiary alicyclic amines) is 1. The van der Waals surface area contributed by atoms with E-state index >= 15 is 0 Å². The van der Waals surface area contributed by atoms with Gasteiger partial charge in [-0.3, -0.25) is 0 Å². The number of rotatable bonds is 5. The molecule has 1 aromatic carbocycles. The molecule has 118 valence electrons. The quantitative estimate of drug-likeness (QED) is 0.903. The number of piperidine rings is 1. The van der Waals surface area contributed by atoms with Gasteiger partial charge < -0.3 is 14.9 Å². The van der Waals surface area contributed by atoms with E-state index in [0.29, 0.717) is 0 Å². The third-order valence-corrected chi connectivity index (χ3v) is 4.63. The molecule has 0 amide bonds. The Kier molecular flexibility index (Phi) is 5.80. The maximum absolute atomic E-state index is 10.4. The molecule has 1 aromatic rings. The van der Waals surface area contributed by atoms with Gasteiger partial charge in [0, 0.05) is 12.6 Å². The highest BCUT2D eigenvalue weighted by atomic mass is 16.3. The van der Waals surface area contributed by atoms with Gasteiger partial charge in [0.2, 0.25) is 0 Å². The molecular formula is C18H30N2O. The van der Waals surface area contributed by atoms with E-state index in [2.05, 4.69) is 55.9 Å². The maximum Gasteiger partial charge on any atom is 0.0802 e. The molecule has 1 N–H and O–H groups in total. The zero-order valence-corrected chi connectivity index (χ0v) is 14.0. The molecule has 1 saturated heterocycles. The SMILES string of the molecule is Cc1cc(C)cc(C(O)CCN2CCC(N(C)C)CC2)c1. The molecule has 1 unspecified atom stereocenters. The van der Waals surface area contributed by atoms with Gasteiger partial charge in [0.25, 0.3) is 0 Å². The molecule has 0 saturated carbocycles. The first-order valence-electron chi connectivity index (χ1n) is 8.10. The highest BCUT2D eigenvalue weighted by molar-refractivity contribution is 5.29. The van der Waals surface area contributed by atoms with Gasteiger partial charge in [-0.15, -0.1) is 0 Å². The lowest BCUT2D eigenvalue weighted by Gasteiger charge is -2.35. The van der Waals surface area contributed by atoms with Crippen LogP contribution in [0.4, 0.5) is 0 Å². The predicted octanol–water partition coefficient (Wildman–Crippen LogP) is 2.75. The Balaban J connectivity index is 1.80. The van der Waals surface area contributed by atoms with Gasteiger partial charge in [0.1, 0.15) is 0 Å². The van der Waals surface area contributed by atoms with Crippen molar-refractivity contribution in [1.29, 1.82) is 0 Å². The van der Waals surface area contributed by atoms with Crippen LogP contribution in [0, 0.1) is 13.8 Å². The van der Waals surface area contributed by atoms with E-state index in [9.17, 15) is 5.11 Å². The summed E-state index contributed by atoms with van der Waals surface area (Å²) >= 11 is 0. The molecular weight excluding hydrogens is 260 g/mol. The van der Waals surface area contributed by atoms with E-state index in [1.54, 1.807) is 0 Å². The minimum Gasteiger partial charge on any atom is -0.388 e. The largest absolute Gasteiger partial charge is 0.388 e. The van der Waals surface area contributed by atoms with Crippen molar-refractivity contribution in [3.8, 4) is 0 Å². The molecule has 1 heterocycles. The normalized spacial score (nSPS) is 19.1. The van der Waals surface area contributed by atoms with E-state index < -0.39 is 0 Å². The Bertz CT molecular complexity index is 430. The lowest BCUT2D eigenvalue weighted by Crippen LogP contribution is -2.42. The fourth-order valence-electron chi connectivity index (χ4n) is 3.33. The number of aliphatic hydroxyl groups excluding tert-OH is 1. The van der Waals surface area contributed by atoms with Gasteiger partial charge in [0.05, 0.1) is 6.10 Å². The fourth-order valence-corrected chi connectivity index (χ4v) is 3.33. The van der Waals surface area contributed by atoms with Crippen molar-refractivity contribution in [2.75, 3.05) is 33.7 Å². The third kappa shape index (κ3) is 4.80. The van der Waals surface area contributed by atoms with Crippen molar-refractivity contribution in [3.63, 3.8) is 0 Å². The highest BCUT2D eigenvalue weighted by Crippen LogP contribution is 2.21. The van der Waals surface area contributed by atoms with Crippen molar-refractivity contribution in [1.82, 2.24) is 9.80 Å².